The molecule has 0 spiro atoms. The van der Waals surface area contributed by atoms with Gasteiger partial charge >= 0.3 is 0 Å². The summed E-state index contributed by atoms with van der Waals surface area (Å²) in [5.41, 5.74) is 3.56. The van der Waals surface area contributed by atoms with Crippen LogP contribution in [0.25, 0.3) is 6.08 Å². The molecule has 0 radical (unpaired) electrons. The summed E-state index contributed by atoms with van der Waals surface area (Å²) in [6.45, 7) is 3.86. The van der Waals surface area contributed by atoms with Crippen LogP contribution in [-0.4, -0.2) is 22.2 Å². The van der Waals surface area contributed by atoms with Crippen molar-refractivity contribution >= 4 is 23.6 Å². The first-order chi connectivity index (χ1) is 9.11. The number of aromatic amines is 1. The first-order valence-electron chi connectivity index (χ1n) is 6.00. The molecule has 2 rings (SSSR count). The van der Waals surface area contributed by atoms with Gasteiger partial charge in [-0.2, -0.15) is 5.10 Å². The Morgan fingerprint density at radius 2 is 1.95 bits per heavy atom. The SMILES string of the molecule is CSc1ccc(C(=O)/C=C/c2c(C)n[nH]c2C)cc1. The summed E-state index contributed by atoms with van der Waals surface area (Å²) in [5.74, 6) is 0.00709. The van der Waals surface area contributed by atoms with E-state index in [9.17, 15) is 4.79 Å². The van der Waals surface area contributed by atoms with E-state index in [1.807, 2.05) is 50.4 Å². The smallest absolute Gasteiger partial charge is 0.185 e. The van der Waals surface area contributed by atoms with E-state index >= 15 is 0 Å². The van der Waals surface area contributed by atoms with Gasteiger partial charge in [0.15, 0.2) is 5.78 Å². The first kappa shape index (κ1) is 13.6. The number of benzene rings is 1. The summed E-state index contributed by atoms with van der Waals surface area (Å²) in [6.07, 6.45) is 5.43. The van der Waals surface area contributed by atoms with Gasteiger partial charge in [0.05, 0.1) is 5.69 Å². The molecule has 0 bridgehead atoms. The number of rotatable bonds is 4. The maximum atomic E-state index is 12.0. The second-order valence-electron chi connectivity index (χ2n) is 4.27. The molecule has 4 heteroatoms. The average Bonchev–Trinajstić information content (AvgIpc) is 2.75. The van der Waals surface area contributed by atoms with Gasteiger partial charge in [0.25, 0.3) is 0 Å². The Kier molecular flexibility index (Phi) is 4.22. The van der Waals surface area contributed by atoms with Gasteiger partial charge in [0.2, 0.25) is 0 Å². The van der Waals surface area contributed by atoms with Crippen molar-refractivity contribution in [2.45, 2.75) is 18.7 Å². The van der Waals surface area contributed by atoms with E-state index in [1.54, 1.807) is 17.8 Å². The van der Waals surface area contributed by atoms with E-state index in [0.717, 1.165) is 21.8 Å². The Morgan fingerprint density at radius 3 is 2.47 bits per heavy atom. The number of allylic oxidation sites excluding steroid dienone is 1. The molecule has 0 saturated carbocycles. The van der Waals surface area contributed by atoms with Crippen LogP contribution in [0.4, 0.5) is 0 Å². The standard InChI is InChI=1S/C15H16N2OS/c1-10-14(11(2)17-16-10)8-9-15(18)12-4-6-13(19-3)7-5-12/h4-9H,1-3H3,(H,16,17)/b9-8+. The van der Waals surface area contributed by atoms with Gasteiger partial charge in [-0.25, -0.2) is 0 Å². The van der Waals surface area contributed by atoms with Gasteiger partial charge in [-0.1, -0.05) is 0 Å². The van der Waals surface area contributed by atoms with Crippen LogP contribution >= 0.6 is 11.8 Å². The van der Waals surface area contributed by atoms with Crippen LogP contribution in [0.3, 0.4) is 0 Å². The van der Waals surface area contributed by atoms with Crippen LogP contribution in [0, 0.1) is 13.8 Å². The largest absolute Gasteiger partial charge is 0.289 e. The topological polar surface area (TPSA) is 45.8 Å². The van der Waals surface area contributed by atoms with Crippen LogP contribution in [0.15, 0.2) is 35.2 Å². The molecule has 0 unspecified atom stereocenters. The number of hydrogen-bond donors (Lipinski definition) is 1. The molecule has 98 valence electrons. The Morgan fingerprint density at radius 1 is 1.26 bits per heavy atom. The third-order valence-corrected chi connectivity index (χ3v) is 3.70. The van der Waals surface area contributed by atoms with E-state index in [0.29, 0.717) is 5.56 Å². The highest BCUT2D eigenvalue weighted by atomic mass is 32.2. The number of H-pyrrole nitrogens is 1. The summed E-state index contributed by atoms with van der Waals surface area (Å²) < 4.78 is 0. The molecule has 0 amide bonds. The Balaban J connectivity index is 2.16. The number of aryl methyl sites for hydroxylation is 2. The minimum Gasteiger partial charge on any atom is -0.289 e. The van der Waals surface area contributed by atoms with Gasteiger partial charge in [-0.3, -0.25) is 9.89 Å². The van der Waals surface area contributed by atoms with Crippen LogP contribution < -0.4 is 0 Å². The van der Waals surface area contributed by atoms with Gasteiger partial charge < -0.3 is 0 Å². The molecule has 2 aromatic rings. The van der Waals surface area contributed by atoms with Crippen LogP contribution in [0.5, 0.6) is 0 Å². The third kappa shape index (κ3) is 3.15. The van der Waals surface area contributed by atoms with Crippen molar-refractivity contribution in [1.29, 1.82) is 0 Å². The summed E-state index contributed by atoms with van der Waals surface area (Å²) in [5, 5.41) is 7.00. The van der Waals surface area contributed by atoms with Crippen molar-refractivity contribution in [3.63, 3.8) is 0 Å². The van der Waals surface area contributed by atoms with Gasteiger partial charge in [-0.15, -0.1) is 11.8 Å². The molecule has 1 heterocycles. The first-order valence-corrected chi connectivity index (χ1v) is 7.22. The predicted octanol–water partition coefficient (Wildman–Crippen LogP) is 3.64. The summed E-state index contributed by atoms with van der Waals surface area (Å²) >= 11 is 1.66. The van der Waals surface area contributed by atoms with Gasteiger partial charge in [-0.05, 0) is 56.5 Å². The molecule has 19 heavy (non-hydrogen) atoms. The minimum absolute atomic E-state index is 0.00709. The predicted molar refractivity (Wildman–Crippen MR) is 79.6 cm³/mol. The Bertz CT molecular complexity index is 592. The summed E-state index contributed by atoms with van der Waals surface area (Å²) in [7, 11) is 0. The Hall–Kier alpha value is -1.81. The zero-order chi connectivity index (χ0) is 13.8. The molecular formula is C15H16N2OS. The minimum atomic E-state index is 0.00709. The molecule has 1 aromatic carbocycles. The average molecular weight is 272 g/mol. The molecule has 0 atom stereocenters. The molecule has 0 aliphatic heterocycles. The summed E-state index contributed by atoms with van der Waals surface area (Å²) in [6, 6.07) is 7.63. The molecule has 3 nitrogen and oxygen atoms in total. The highest BCUT2D eigenvalue weighted by Crippen LogP contribution is 2.16. The van der Waals surface area contributed by atoms with E-state index < -0.39 is 0 Å². The number of carbonyl (C=O) groups is 1. The number of aromatic nitrogens is 2. The van der Waals surface area contributed by atoms with Gasteiger partial charge in [0.1, 0.15) is 0 Å². The van der Waals surface area contributed by atoms with Crippen molar-refractivity contribution in [3.8, 4) is 0 Å². The lowest BCUT2D eigenvalue weighted by Crippen LogP contribution is -1.93. The highest BCUT2D eigenvalue weighted by molar-refractivity contribution is 7.98. The quantitative estimate of drug-likeness (QED) is 0.525. The highest BCUT2D eigenvalue weighted by Gasteiger charge is 2.05. The third-order valence-electron chi connectivity index (χ3n) is 2.96. The van der Waals surface area contributed by atoms with E-state index in [2.05, 4.69) is 10.2 Å². The number of ketones is 1. The molecule has 0 aliphatic rings. The van der Waals surface area contributed by atoms with E-state index in [-0.39, 0.29) is 5.78 Å². The Labute approximate surface area is 117 Å². The normalized spacial score (nSPS) is 11.1. The molecule has 0 fully saturated rings. The fraction of sp³-hybridized carbons (Fsp3) is 0.200. The van der Waals surface area contributed by atoms with Crippen molar-refractivity contribution in [2.75, 3.05) is 6.26 Å². The molecule has 0 aliphatic carbocycles. The van der Waals surface area contributed by atoms with E-state index in [1.165, 1.54) is 0 Å². The number of carbonyl (C=O) groups excluding carboxylic acids is 1. The lowest BCUT2D eigenvalue weighted by Gasteiger charge is -1.98. The van der Waals surface area contributed by atoms with Crippen molar-refractivity contribution < 1.29 is 4.79 Å². The summed E-state index contributed by atoms with van der Waals surface area (Å²) in [4.78, 5) is 13.2. The molecule has 1 aromatic heterocycles. The maximum absolute atomic E-state index is 12.0. The number of thioether (sulfide) groups is 1. The number of nitrogens with zero attached hydrogens (tertiary/aromatic N) is 1. The number of hydrogen-bond acceptors (Lipinski definition) is 3. The van der Waals surface area contributed by atoms with Crippen LogP contribution in [0.1, 0.15) is 27.3 Å². The maximum Gasteiger partial charge on any atom is 0.185 e. The second-order valence-corrected chi connectivity index (χ2v) is 5.15. The second kappa shape index (κ2) is 5.89. The zero-order valence-electron chi connectivity index (χ0n) is 11.2. The van der Waals surface area contributed by atoms with E-state index in [4.69, 9.17) is 0 Å². The lowest BCUT2D eigenvalue weighted by molar-refractivity contribution is 0.104. The van der Waals surface area contributed by atoms with Crippen molar-refractivity contribution in [3.05, 3.63) is 52.9 Å². The molecular weight excluding hydrogens is 256 g/mol. The van der Waals surface area contributed by atoms with Crippen LogP contribution in [-0.2, 0) is 0 Å². The monoisotopic (exact) mass is 272 g/mol. The molecule has 1 N–H and O–H groups in total. The fourth-order valence-electron chi connectivity index (χ4n) is 1.82. The van der Waals surface area contributed by atoms with Crippen molar-refractivity contribution in [1.82, 2.24) is 10.2 Å². The van der Waals surface area contributed by atoms with Crippen molar-refractivity contribution in [2.24, 2.45) is 0 Å². The van der Waals surface area contributed by atoms with Crippen LogP contribution in [0.2, 0.25) is 0 Å². The molecule has 0 saturated heterocycles. The lowest BCUT2D eigenvalue weighted by atomic mass is 10.1. The van der Waals surface area contributed by atoms with Gasteiger partial charge in [0, 0.05) is 21.7 Å². The fourth-order valence-corrected chi connectivity index (χ4v) is 2.22. The number of nitrogens with one attached hydrogen (secondary N) is 1. The zero-order valence-corrected chi connectivity index (χ0v) is 12.0.